The van der Waals surface area contributed by atoms with E-state index in [0.29, 0.717) is 0 Å². The average molecular weight is 115 g/mol. The van der Waals surface area contributed by atoms with Crippen molar-refractivity contribution in [3.8, 4) is 6.07 Å². The van der Waals surface area contributed by atoms with Crippen molar-refractivity contribution >= 4 is 0 Å². The molecule has 1 unspecified atom stereocenters. The molecule has 3 heteroatoms. The summed E-state index contributed by atoms with van der Waals surface area (Å²) in [6.45, 7) is 1.44. The van der Waals surface area contributed by atoms with Crippen LogP contribution in [0.4, 0.5) is 0 Å². The molecule has 0 spiro atoms. The van der Waals surface area contributed by atoms with Crippen molar-refractivity contribution in [1.82, 2.24) is 0 Å². The van der Waals surface area contributed by atoms with Crippen LogP contribution in [0.5, 0.6) is 0 Å². The quantitative estimate of drug-likeness (QED) is 0.525. The van der Waals surface area contributed by atoms with E-state index in [0.717, 1.165) is 0 Å². The Kier molecular flexibility index (Phi) is 2.46. The zero-order chi connectivity index (χ0) is 6.62. The molecule has 0 bridgehead atoms. The number of rotatable bonds is 2. The number of hydrogen-bond donors (Lipinski definition) is 1. The highest BCUT2D eigenvalue weighted by atomic mass is 16.6. The van der Waals surface area contributed by atoms with E-state index >= 15 is 0 Å². The Labute approximate surface area is 48.5 Å². The summed E-state index contributed by atoms with van der Waals surface area (Å²) in [5.74, 6) is -1.27. The fourth-order valence-electron chi connectivity index (χ4n) is 0.219. The second-order valence-corrected chi connectivity index (χ2v) is 1.71. The molecule has 8 heavy (non-hydrogen) atoms. The number of hydrogen-bond acceptors (Lipinski definition) is 3. The molecule has 0 aliphatic heterocycles. The maximum absolute atomic E-state index is 8.88. The Balaban J connectivity index is 3.58. The number of methoxy groups -OCH3 is 1. The lowest BCUT2D eigenvalue weighted by atomic mass is 10.2. The Morgan fingerprint density at radius 3 is 2.50 bits per heavy atom. The predicted octanol–water partition coefficient (Wildman–Crippen LogP) is 0.255. The van der Waals surface area contributed by atoms with Crippen LogP contribution in [0.25, 0.3) is 0 Å². The van der Waals surface area contributed by atoms with Gasteiger partial charge in [-0.25, -0.2) is 0 Å². The van der Waals surface area contributed by atoms with E-state index in [1.165, 1.54) is 14.0 Å². The minimum Gasteiger partial charge on any atom is -0.365 e. The Morgan fingerprint density at radius 1 is 1.88 bits per heavy atom. The van der Waals surface area contributed by atoms with E-state index in [4.69, 9.17) is 10.4 Å². The first kappa shape index (κ1) is 7.41. The molecule has 46 valence electrons. The summed E-state index contributed by atoms with van der Waals surface area (Å²) in [6.07, 6.45) is 0.00347. The van der Waals surface area contributed by atoms with Crippen LogP contribution in [0, 0.1) is 11.3 Å². The Bertz CT molecular complexity index is 103. The number of aliphatic hydroxyl groups is 1. The fraction of sp³-hybridized carbons (Fsp3) is 0.800. The van der Waals surface area contributed by atoms with Crippen LogP contribution in [0.15, 0.2) is 0 Å². The molecule has 0 radical (unpaired) electrons. The van der Waals surface area contributed by atoms with E-state index in [2.05, 4.69) is 4.74 Å². The molecule has 0 aliphatic rings. The smallest absolute Gasteiger partial charge is 0.175 e. The topological polar surface area (TPSA) is 53.2 Å². The summed E-state index contributed by atoms with van der Waals surface area (Å²) < 4.78 is 4.51. The molecule has 0 aliphatic carbocycles. The number of nitriles is 1. The average Bonchev–Trinajstić information content (AvgIpc) is 1.67. The van der Waals surface area contributed by atoms with Crippen molar-refractivity contribution in [2.45, 2.75) is 19.1 Å². The fourth-order valence-corrected chi connectivity index (χ4v) is 0.219. The Hall–Kier alpha value is -0.590. The molecule has 0 heterocycles. The molecule has 0 aromatic rings. The standard InChI is InChI=1S/C5H9NO2/c1-5(7,8-2)3-4-6/h7H,3H2,1-2H3. The molecule has 0 amide bonds. The lowest BCUT2D eigenvalue weighted by Gasteiger charge is -2.16. The van der Waals surface area contributed by atoms with Crippen LogP contribution in [0.1, 0.15) is 13.3 Å². The highest BCUT2D eigenvalue weighted by Crippen LogP contribution is 2.06. The van der Waals surface area contributed by atoms with Crippen molar-refractivity contribution in [2.24, 2.45) is 0 Å². The van der Waals surface area contributed by atoms with Gasteiger partial charge >= 0.3 is 0 Å². The maximum Gasteiger partial charge on any atom is 0.175 e. The molecule has 0 saturated heterocycles. The normalized spacial score (nSPS) is 16.8. The van der Waals surface area contributed by atoms with Gasteiger partial charge in [0.2, 0.25) is 0 Å². The van der Waals surface area contributed by atoms with Crippen LogP contribution in [0.3, 0.4) is 0 Å². The molecule has 1 N–H and O–H groups in total. The van der Waals surface area contributed by atoms with Crippen LogP contribution in [-0.4, -0.2) is 18.0 Å². The third kappa shape index (κ3) is 2.56. The van der Waals surface area contributed by atoms with Crippen molar-refractivity contribution in [3.05, 3.63) is 0 Å². The van der Waals surface area contributed by atoms with Crippen molar-refractivity contribution in [3.63, 3.8) is 0 Å². The second-order valence-electron chi connectivity index (χ2n) is 1.71. The highest BCUT2D eigenvalue weighted by molar-refractivity contribution is 4.77. The molecule has 0 aromatic carbocycles. The van der Waals surface area contributed by atoms with Gasteiger partial charge in [-0.15, -0.1) is 0 Å². The van der Waals surface area contributed by atoms with Gasteiger partial charge in [0, 0.05) is 7.11 Å². The third-order valence-corrected chi connectivity index (χ3v) is 0.847. The minimum absolute atomic E-state index is 0.00347. The second kappa shape index (κ2) is 2.65. The Morgan fingerprint density at radius 2 is 2.38 bits per heavy atom. The zero-order valence-electron chi connectivity index (χ0n) is 5.01. The van der Waals surface area contributed by atoms with Gasteiger partial charge in [0.25, 0.3) is 0 Å². The lowest BCUT2D eigenvalue weighted by Crippen LogP contribution is -2.25. The summed E-state index contributed by atoms with van der Waals surface area (Å²) in [4.78, 5) is 0. The van der Waals surface area contributed by atoms with Gasteiger partial charge in [0.15, 0.2) is 5.79 Å². The van der Waals surface area contributed by atoms with Gasteiger partial charge in [0.1, 0.15) is 0 Å². The summed E-state index contributed by atoms with van der Waals surface area (Å²) in [5.41, 5.74) is 0. The molecule has 0 rings (SSSR count). The highest BCUT2D eigenvalue weighted by Gasteiger charge is 2.16. The maximum atomic E-state index is 8.88. The van der Waals surface area contributed by atoms with E-state index in [-0.39, 0.29) is 6.42 Å². The van der Waals surface area contributed by atoms with E-state index in [9.17, 15) is 0 Å². The molecule has 3 nitrogen and oxygen atoms in total. The first-order valence-corrected chi connectivity index (χ1v) is 2.27. The van der Waals surface area contributed by atoms with E-state index in [1.54, 1.807) is 6.07 Å². The van der Waals surface area contributed by atoms with E-state index < -0.39 is 5.79 Å². The van der Waals surface area contributed by atoms with Gasteiger partial charge in [-0.05, 0) is 6.92 Å². The monoisotopic (exact) mass is 115 g/mol. The third-order valence-electron chi connectivity index (χ3n) is 0.847. The molecule has 0 aromatic heterocycles. The minimum atomic E-state index is -1.27. The molecule has 1 atom stereocenters. The van der Waals surface area contributed by atoms with Crippen LogP contribution in [0.2, 0.25) is 0 Å². The number of nitrogens with zero attached hydrogens (tertiary/aromatic N) is 1. The van der Waals surface area contributed by atoms with Gasteiger partial charge in [-0.1, -0.05) is 0 Å². The first-order chi connectivity index (χ1) is 3.62. The van der Waals surface area contributed by atoms with Gasteiger partial charge in [0.05, 0.1) is 12.5 Å². The summed E-state index contributed by atoms with van der Waals surface area (Å²) >= 11 is 0. The summed E-state index contributed by atoms with van der Waals surface area (Å²) in [7, 11) is 1.36. The lowest BCUT2D eigenvalue weighted by molar-refractivity contribution is -0.166. The molecule has 0 fully saturated rings. The van der Waals surface area contributed by atoms with Crippen LogP contribution >= 0.6 is 0 Å². The summed E-state index contributed by atoms with van der Waals surface area (Å²) in [5, 5.41) is 16.9. The summed E-state index contributed by atoms with van der Waals surface area (Å²) in [6, 6.07) is 1.78. The van der Waals surface area contributed by atoms with Gasteiger partial charge < -0.3 is 9.84 Å². The molecular weight excluding hydrogens is 106 g/mol. The zero-order valence-corrected chi connectivity index (χ0v) is 5.01. The number of ether oxygens (including phenoxy) is 1. The van der Waals surface area contributed by atoms with Crippen molar-refractivity contribution in [2.75, 3.05) is 7.11 Å². The largest absolute Gasteiger partial charge is 0.365 e. The van der Waals surface area contributed by atoms with Crippen molar-refractivity contribution < 1.29 is 9.84 Å². The van der Waals surface area contributed by atoms with Crippen molar-refractivity contribution in [1.29, 1.82) is 5.26 Å². The van der Waals surface area contributed by atoms with Crippen LogP contribution in [-0.2, 0) is 4.74 Å². The van der Waals surface area contributed by atoms with Gasteiger partial charge in [-0.3, -0.25) is 0 Å². The SMILES string of the molecule is COC(C)(O)CC#N. The predicted molar refractivity (Wildman–Crippen MR) is 27.9 cm³/mol. The van der Waals surface area contributed by atoms with Gasteiger partial charge in [-0.2, -0.15) is 5.26 Å². The molecule has 0 saturated carbocycles. The molecular formula is C5H9NO2. The first-order valence-electron chi connectivity index (χ1n) is 2.27. The van der Waals surface area contributed by atoms with Crippen LogP contribution < -0.4 is 0 Å². The van der Waals surface area contributed by atoms with E-state index in [1.807, 2.05) is 0 Å².